The van der Waals surface area contributed by atoms with E-state index >= 15 is 0 Å². The van der Waals surface area contributed by atoms with Crippen molar-refractivity contribution in [1.29, 1.82) is 5.41 Å². The number of allylic oxidation sites excluding steroid dienone is 2. The van der Waals surface area contributed by atoms with E-state index in [4.69, 9.17) is 10.4 Å². The lowest BCUT2D eigenvalue weighted by Gasteiger charge is -2.27. The zero-order chi connectivity index (χ0) is 21.3. The van der Waals surface area contributed by atoms with Crippen LogP contribution < -0.4 is 10.7 Å². The number of alkyl halides is 2. The Hall–Kier alpha value is -2.45. The van der Waals surface area contributed by atoms with Crippen LogP contribution in [0.2, 0.25) is 0 Å². The van der Waals surface area contributed by atoms with E-state index in [0.717, 1.165) is 44.3 Å². The van der Waals surface area contributed by atoms with Gasteiger partial charge in [-0.25, -0.2) is 24.5 Å². The van der Waals surface area contributed by atoms with Crippen LogP contribution in [0.3, 0.4) is 0 Å². The van der Waals surface area contributed by atoms with Crippen molar-refractivity contribution in [3.05, 3.63) is 46.7 Å². The number of piperidine rings is 1. The molecule has 2 aliphatic heterocycles. The highest BCUT2D eigenvalue weighted by atomic mass is 19.3. The van der Waals surface area contributed by atoms with Crippen LogP contribution in [0.15, 0.2) is 40.1 Å². The molecule has 1 aromatic rings. The van der Waals surface area contributed by atoms with Gasteiger partial charge in [0.2, 0.25) is 0 Å². The number of hydrazone groups is 1. The minimum absolute atomic E-state index is 0.00354. The van der Waals surface area contributed by atoms with Crippen LogP contribution in [-0.4, -0.2) is 48.5 Å². The summed E-state index contributed by atoms with van der Waals surface area (Å²) in [4.78, 5) is 7.03. The van der Waals surface area contributed by atoms with E-state index in [1.807, 2.05) is 11.4 Å². The zero-order valence-electron chi connectivity index (χ0n) is 17.5. The Balaban J connectivity index is 1.67. The maximum Gasteiger partial charge on any atom is 0.320 e. The van der Waals surface area contributed by atoms with Gasteiger partial charge in [0.15, 0.2) is 11.4 Å². The SMILES string of the molecule is CC(=N)/C=C1\[NH2+]C(=NC2CCCN(C)C2)NN=C1c1ccc(C2CC2)cc1C(F)F. The Labute approximate surface area is 175 Å². The first-order valence-corrected chi connectivity index (χ1v) is 10.5. The van der Waals surface area contributed by atoms with Gasteiger partial charge in [0.25, 0.3) is 6.43 Å². The number of quaternary nitrogens is 1. The lowest BCUT2D eigenvalue weighted by atomic mass is 9.96. The normalized spacial score (nSPS) is 25.5. The largest absolute Gasteiger partial charge is 0.320 e. The van der Waals surface area contributed by atoms with Crippen LogP contribution in [0.5, 0.6) is 0 Å². The number of nitrogens with one attached hydrogen (secondary N) is 2. The molecule has 30 heavy (non-hydrogen) atoms. The molecule has 0 amide bonds. The maximum atomic E-state index is 13.9. The van der Waals surface area contributed by atoms with Gasteiger partial charge < -0.3 is 10.3 Å². The Morgan fingerprint density at radius 2 is 2.17 bits per heavy atom. The summed E-state index contributed by atoms with van der Waals surface area (Å²) in [5, 5.41) is 14.1. The fourth-order valence-corrected chi connectivity index (χ4v) is 4.14. The number of guanidine groups is 1. The molecule has 4 N–H and O–H groups in total. The molecule has 3 aliphatic rings. The van der Waals surface area contributed by atoms with E-state index in [2.05, 4.69) is 22.5 Å². The number of benzene rings is 1. The minimum atomic E-state index is -2.59. The van der Waals surface area contributed by atoms with E-state index in [1.165, 1.54) is 0 Å². The van der Waals surface area contributed by atoms with Gasteiger partial charge in [0.05, 0.1) is 6.04 Å². The van der Waals surface area contributed by atoms with Crippen molar-refractivity contribution in [1.82, 2.24) is 10.3 Å². The van der Waals surface area contributed by atoms with Crippen LogP contribution in [0.25, 0.3) is 0 Å². The zero-order valence-corrected chi connectivity index (χ0v) is 17.5. The highest BCUT2D eigenvalue weighted by Crippen LogP contribution is 2.41. The van der Waals surface area contributed by atoms with Crippen LogP contribution in [0, 0.1) is 5.41 Å². The molecule has 0 bridgehead atoms. The molecule has 1 saturated carbocycles. The van der Waals surface area contributed by atoms with Gasteiger partial charge in [-0.15, -0.1) is 0 Å². The highest BCUT2D eigenvalue weighted by Gasteiger charge is 2.30. The first-order chi connectivity index (χ1) is 14.4. The molecule has 1 aliphatic carbocycles. The van der Waals surface area contributed by atoms with Gasteiger partial charge in [0.1, 0.15) is 0 Å². The monoisotopic (exact) mass is 415 g/mol. The number of hydrogen-bond acceptors (Lipinski definition) is 4. The van der Waals surface area contributed by atoms with Crippen LogP contribution >= 0.6 is 0 Å². The molecule has 2 heterocycles. The lowest BCUT2D eigenvalue weighted by molar-refractivity contribution is -0.481. The van der Waals surface area contributed by atoms with E-state index in [0.29, 0.717) is 34.6 Å². The van der Waals surface area contributed by atoms with E-state index in [1.54, 1.807) is 25.1 Å². The summed E-state index contributed by atoms with van der Waals surface area (Å²) in [5.74, 6) is 1.01. The van der Waals surface area contributed by atoms with Gasteiger partial charge >= 0.3 is 5.96 Å². The van der Waals surface area contributed by atoms with Crippen molar-refractivity contribution in [2.24, 2.45) is 10.1 Å². The van der Waals surface area contributed by atoms with Crippen molar-refractivity contribution in [2.75, 3.05) is 20.1 Å². The van der Waals surface area contributed by atoms with Gasteiger partial charge in [-0.1, -0.05) is 12.1 Å². The van der Waals surface area contributed by atoms with Gasteiger partial charge in [-0.2, -0.15) is 5.10 Å². The van der Waals surface area contributed by atoms with Crippen molar-refractivity contribution >= 4 is 17.4 Å². The van der Waals surface area contributed by atoms with Crippen LogP contribution in [0.4, 0.5) is 8.78 Å². The standard InChI is InChI=1S/C22H28F2N6/c1-13(25)10-19-20(17-8-7-15(14-5-6-14)11-18(17)21(23)24)28-29-22(27-19)26-16-4-3-9-30(2)12-16/h7-8,10-11,14,16,21,25H,3-6,9,12H2,1-2H3,(H2,26,27,29)/p+1/b19-10-,25-13?. The smallest absolute Gasteiger partial charge is 0.305 e. The fraction of sp³-hybridized carbons (Fsp3) is 0.500. The molecule has 160 valence electrons. The van der Waals surface area contributed by atoms with Crippen molar-refractivity contribution in [3.8, 4) is 0 Å². The quantitative estimate of drug-likeness (QED) is 0.647. The average Bonchev–Trinajstić information content (AvgIpc) is 3.53. The lowest BCUT2D eigenvalue weighted by Crippen LogP contribution is -2.92. The highest BCUT2D eigenvalue weighted by molar-refractivity contribution is 6.16. The average molecular weight is 416 g/mol. The number of halogens is 2. The molecule has 0 spiro atoms. The molecule has 8 heteroatoms. The van der Waals surface area contributed by atoms with Crippen LogP contribution in [0.1, 0.15) is 61.6 Å². The number of nitrogens with two attached hydrogens (primary N) is 1. The molecule has 1 unspecified atom stereocenters. The van der Waals surface area contributed by atoms with Gasteiger partial charge in [0, 0.05) is 29.5 Å². The summed E-state index contributed by atoms with van der Waals surface area (Å²) in [6.07, 6.45) is 3.31. The Morgan fingerprint density at radius 3 is 2.83 bits per heavy atom. The molecule has 6 nitrogen and oxygen atoms in total. The predicted molar refractivity (Wildman–Crippen MR) is 114 cm³/mol. The number of nitrogens with zero attached hydrogens (tertiary/aromatic N) is 3. The van der Waals surface area contributed by atoms with Crippen molar-refractivity contribution in [2.45, 2.75) is 51.0 Å². The first kappa shape index (κ1) is 20.8. The summed E-state index contributed by atoms with van der Waals surface area (Å²) < 4.78 is 27.8. The number of hydrogen-bond donors (Lipinski definition) is 3. The summed E-state index contributed by atoms with van der Waals surface area (Å²) >= 11 is 0. The molecular weight excluding hydrogens is 386 g/mol. The number of likely N-dealkylation sites (N-methyl/N-ethyl adjacent to an activating group) is 1. The Kier molecular flexibility index (Phi) is 6.06. The predicted octanol–water partition coefficient (Wildman–Crippen LogP) is 2.75. The number of likely N-dealkylation sites (tertiary alicyclic amines) is 1. The van der Waals surface area contributed by atoms with E-state index in [9.17, 15) is 8.78 Å². The third-order valence-electron chi connectivity index (χ3n) is 5.76. The second-order valence-electron chi connectivity index (χ2n) is 8.49. The summed E-state index contributed by atoms with van der Waals surface area (Å²) in [6, 6.07) is 5.47. The van der Waals surface area contributed by atoms with Crippen LogP contribution in [-0.2, 0) is 0 Å². The second-order valence-corrected chi connectivity index (χ2v) is 8.49. The molecular formula is C22H29F2N6+. The second kappa shape index (κ2) is 8.73. The van der Waals surface area contributed by atoms with Gasteiger partial charge in [-0.3, -0.25) is 0 Å². The summed E-state index contributed by atoms with van der Waals surface area (Å²) in [7, 11) is 2.08. The Morgan fingerprint density at radius 1 is 1.37 bits per heavy atom. The molecule has 4 rings (SSSR count). The molecule has 0 radical (unpaired) electrons. The van der Waals surface area contributed by atoms with E-state index < -0.39 is 6.43 Å². The summed E-state index contributed by atoms with van der Waals surface area (Å²) in [5.41, 5.74) is 5.72. The maximum absolute atomic E-state index is 13.9. The molecule has 1 saturated heterocycles. The van der Waals surface area contributed by atoms with Gasteiger partial charge in [-0.05, 0) is 63.7 Å². The van der Waals surface area contributed by atoms with Crippen molar-refractivity contribution < 1.29 is 14.1 Å². The molecule has 1 aromatic carbocycles. The molecule has 1 atom stereocenters. The number of aliphatic imine (C=N–C) groups is 1. The van der Waals surface area contributed by atoms with Crippen molar-refractivity contribution in [3.63, 3.8) is 0 Å². The third-order valence-corrected chi connectivity index (χ3v) is 5.76. The topological polar surface area (TPSA) is 80.5 Å². The molecule has 2 fully saturated rings. The fourth-order valence-electron chi connectivity index (χ4n) is 4.14. The molecule has 0 aromatic heterocycles. The van der Waals surface area contributed by atoms with E-state index in [-0.39, 0.29) is 11.6 Å². The minimum Gasteiger partial charge on any atom is -0.305 e. The summed E-state index contributed by atoms with van der Waals surface area (Å²) in [6.45, 7) is 3.63. The third kappa shape index (κ3) is 4.82. The Bertz CT molecular complexity index is 916. The first-order valence-electron chi connectivity index (χ1n) is 10.5. The number of rotatable bonds is 5.